The molecule has 1 rings (SSSR count). The summed E-state index contributed by atoms with van der Waals surface area (Å²) >= 11 is 0. The van der Waals surface area contributed by atoms with Gasteiger partial charge in [0.2, 0.25) is 0 Å². The van der Waals surface area contributed by atoms with Gasteiger partial charge in [0.15, 0.2) is 0 Å². The van der Waals surface area contributed by atoms with Gasteiger partial charge in [-0.25, -0.2) is 0 Å². The first-order valence-electron chi connectivity index (χ1n) is 2.14. The van der Waals surface area contributed by atoms with Crippen LogP contribution in [0.3, 0.4) is 0 Å². The van der Waals surface area contributed by atoms with E-state index in [1.807, 2.05) is 6.26 Å². The van der Waals surface area contributed by atoms with E-state index in [4.69, 9.17) is 4.74 Å². The van der Waals surface area contributed by atoms with E-state index in [1.54, 1.807) is 7.11 Å². The molecule has 1 nitrogen and oxygen atoms in total. The molecule has 0 saturated heterocycles. The van der Waals surface area contributed by atoms with Gasteiger partial charge in [0.1, 0.15) is 0 Å². The van der Waals surface area contributed by atoms with Gasteiger partial charge in [-0.2, -0.15) is 0 Å². The van der Waals surface area contributed by atoms with Crippen molar-refractivity contribution in [3.63, 3.8) is 0 Å². The van der Waals surface area contributed by atoms with Gasteiger partial charge in [-0.3, -0.25) is 0 Å². The zero-order valence-corrected chi connectivity index (χ0v) is 3.90. The standard InChI is InChI=1S/C5H8O/c1-6-4-5-2-3-5/h4H,2-3H2,1H3. The average molecular weight is 84.1 g/mol. The molecule has 1 aliphatic rings. The molecule has 1 aliphatic carbocycles. The third-order valence-electron chi connectivity index (χ3n) is 0.823. The molecule has 1 heteroatoms. The Morgan fingerprint density at radius 3 is 2.50 bits per heavy atom. The minimum Gasteiger partial charge on any atom is -0.504 e. The van der Waals surface area contributed by atoms with Crippen LogP contribution in [0.5, 0.6) is 0 Å². The molecular formula is C5H8O. The first-order chi connectivity index (χ1) is 2.93. The van der Waals surface area contributed by atoms with Gasteiger partial charge in [-0.1, -0.05) is 0 Å². The highest BCUT2D eigenvalue weighted by molar-refractivity contribution is 5.12. The van der Waals surface area contributed by atoms with Crippen LogP contribution in [0, 0.1) is 0 Å². The molecule has 6 heavy (non-hydrogen) atoms. The van der Waals surface area contributed by atoms with E-state index in [2.05, 4.69) is 0 Å². The van der Waals surface area contributed by atoms with Crippen molar-refractivity contribution in [1.29, 1.82) is 0 Å². The monoisotopic (exact) mass is 84.1 g/mol. The van der Waals surface area contributed by atoms with Gasteiger partial charge in [-0.15, -0.1) is 0 Å². The van der Waals surface area contributed by atoms with E-state index in [0.29, 0.717) is 0 Å². The second-order valence-electron chi connectivity index (χ2n) is 1.51. The summed E-state index contributed by atoms with van der Waals surface area (Å²) in [6, 6.07) is 0. The molecule has 0 amide bonds. The smallest absolute Gasteiger partial charge is 0.0816 e. The number of hydrogen-bond donors (Lipinski definition) is 0. The maximum absolute atomic E-state index is 4.70. The average Bonchev–Trinajstić information content (AvgIpc) is 2.21. The third kappa shape index (κ3) is 0.744. The van der Waals surface area contributed by atoms with E-state index in [1.165, 1.54) is 18.4 Å². The highest BCUT2D eigenvalue weighted by Crippen LogP contribution is 2.26. The highest BCUT2D eigenvalue weighted by Gasteiger charge is 2.09. The molecule has 0 spiro atoms. The van der Waals surface area contributed by atoms with E-state index < -0.39 is 0 Å². The molecule has 0 unspecified atom stereocenters. The van der Waals surface area contributed by atoms with E-state index in [0.717, 1.165) is 0 Å². The molecular weight excluding hydrogens is 76.1 g/mol. The fourth-order valence-electron chi connectivity index (χ4n) is 0.357. The molecule has 0 aromatic carbocycles. The van der Waals surface area contributed by atoms with Crippen LogP contribution in [-0.2, 0) is 4.74 Å². The van der Waals surface area contributed by atoms with Crippen molar-refractivity contribution in [3.8, 4) is 0 Å². The Hall–Kier alpha value is -0.460. The number of hydrogen-bond acceptors (Lipinski definition) is 1. The van der Waals surface area contributed by atoms with Crippen molar-refractivity contribution in [2.24, 2.45) is 0 Å². The largest absolute Gasteiger partial charge is 0.504 e. The molecule has 34 valence electrons. The SMILES string of the molecule is COC=C1CC1. The first kappa shape index (κ1) is 3.72. The van der Waals surface area contributed by atoms with Crippen molar-refractivity contribution >= 4 is 0 Å². The Morgan fingerprint density at radius 1 is 1.67 bits per heavy atom. The maximum Gasteiger partial charge on any atom is 0.0816 e. The quantitative estimate of drug-likeness (QED) is 0.435. The topological polar surface area (TPSA) is 9.23 Å². The van der Waals surface area contributed by atoms with Crippen LogP contribution in [0.2, 0.25) is 0 Å². The lowest BCUT2D eigenvalue weighted by atomic mass is 10.7. The number of allylic oxidation sites excluding steroid dienone is 1. The molecule has 0 atom stereocenters. The predicted octanol–water partition coefficient (Wildman–Crippen LogP) is 1.31. The highest BCUT2D eigenvalue weighted by atomic mass is 16.5. The van der Waals surface area contributed by atoms with E-state index in [-0.39, 0.29) is 0 Å². The lowest BCUT2D eigenvalue weighted by Crippen LogP contribution is -1.59. The molecule has 0 aromatic heterocycles. The Labute approximate surface area is 37.6 Å². The summed E-state index contributed by atoms with van der Waals surface area (Å²) in [7, 11) is 1.69. The molecule has 1 saturated carbocycles. The summed E-state index contributed by atoms with van der Waals surface area (Å²) in [5, 5.41) is 0. The molecule has 0 N–H and O–H groups in total. The van der Waals surface area contributed by atoms with Crippen LogP contribution in [0.4, 0.5) is 0 Å². The van der Waals surface area contributed by atoms with Gasteiger partial charge >= 0.3 is 0 Å². The maximum atomic E-state index is 4.70. The van der Waals surface area contributed by atoms with Crippen LogP contribution < -0.4 is 0 Å². The fourth-order valence-corrected chi connectivity index (χ4v) is 0.357. The normalized spacial score (nSPS) is 17.2. The lowest BCUT2D eigenvalue weighted by molar-refractivity contribution is 0.336. The second-order valence-corrected chi connectivity index (χ2v) is 1.51. The predicted molar refractivity (Wildman–Crippen MR) is 24.3 cm³/mol. The van der Waals surface area contributed by atoms with Crippen LogP contribution in [-0.4, -0.2) is 7.11 Å². The molecule has 1 fully saturated rings. The zero-order valence-electron chi connectivity index (χ0n) is 3.90. The summed E-state index contributed by atoms with van der Waals surface area (Å²) in [5.74, 6) is 0. The first-order valence-corrected chi connectivity index (χ1v) is 2.14. The minimum atomic E-state index is 1.26. The van der Waals surface area contributed by atoms with Gasteiger partial charge in [0.05, 0.1) is 13.4 Å². The minimum absolute atomic E-state index is 1.26. The van der Waals surface area contributed by atoms with Crippen molar-refractivity contribution in [2.75, 3.05) is 7.11 Å². The number of rotatable bonds is 1. The Morgan fingerprint density at radius 2 is 2.33 bits per heavy atom. The second kappa shape index (κ2) is 1.33. The lowest BCUT2D eigenvalue weighted by Gasteiger charge is -1.78. The number of ether oxygens (including phenoxy) is 1. The van der Waals surface area contributed by atoms with Crippen molar-refractivity contribution < 1.29 is 4.74 Å². The van der Waals surface area contributed by atoms with Gasteiger partial charge in [-0.05, 0) is 18.4 Å². The Kier molecular flexibility index (Phi) is 0.825. The Bertz CT molecular complexity index is 68.0. The van der Waals surface area contributed by atoms with Crippen molar-refractivity contribution in [2.45, 2.75) is 12.8 Å². The molecule has 0 radical (unpaired) electrons. The van der Waals surface area contributed by atoms with Gasteiger partial charge < -0.3 is 4.74 Å². The zero-order chi connectivity index (χ0) is 4.41. The molecule has 0 heterocycles. The fraction of sp³-hybridized carbons (Fsp3) is 0.600. The van der Waals surface area contributed by atoms with E-state index >= 15 is 0 Å². The molecule has 0 aromatic rings. The van der Waals surface area contributed by atoms with Crippen LogP contribution >= 0.6 is 0 Å². The number of methoxy groups -OCH3 is 1. The van der Waals surface area contributed by atoms with Crippen molar-refractivity contribution in [1.82, 2.24) is 0 Å². The van der Waals surface area contributed by atoms with Crippen LogP contribution in [0.15, 0.2) is 11.8 Å². The molecule has 0 aliphatic heterocycles. The summed E-state index contributed by atoms with van der Waals surface area (Å²) in [4.78, 5) is 0. The Balaban J connectivity index is 2.24. The van der Waals surface area contributed by atoms with Crippen LogP contribution in [0.1, 0.15) is 12.8 Å². The van der Waals surface area contributed by atoms with Gasteiger partial charge in [0.25, 0.3) is 0 Å². The summed E-state index contributed by atoms with van der Waals surface area (Å²) < 4.78 is 4.70. The third-order valence-corrected chi connectivity index (χ3v) is 0.823. The van der Waals surface area contributed by atoms with Crippen molar-refractivity contribution in [3.05, 3.63) is 11.8 Å². The summed E-state index contributed by atoms with van der Waals surface area (Å²) in [6.45, 7) is 0. The molecule has 0 bridgehead atoms. The van der Waals surface area contributed by atoms with Crippen LogP contribution in [0.25, 0.3) is 0 Å². The van der Waals surface area contributed by atoms with Gasteiger partial charge in [0, 0.05) is 0 Å². The van der Waals surface area contributed by atoms with E-state index in [9.17, 15) is 0 Å². The summed E-state index contributed by atoms with van der Waals surface area (Å²) in [6.07, 6.45) is 4.33. The summed E-state index contributed by atoms with van der Waals surface area (Å²) in [5.41, 5.74) is 1.44.